The summed E-state index contributed by atoms with van der Waals surface area (Å²) in [5.74, 6) is 0.421. The zero-order valence-corrected chi connectivity index (χ0v) is 14.5. The van der Waals surface area contributed by atoms with E-state index in [4.69, 9.17) is 9.47 Å². The van der Waals surface area contributed by atoms with Crippen LogP contribution in [-0.4, -0.2) is 18.0 Å². The van der Waals surface area contributed by atoms with Crippen molar-refractivity contribution in [3.63, 3.8) is 0 Å². The SMILES string of the molecule is C=Cc1ccc(OC(=O)OC(C)(C)Cc2ccc(CC=O)cc2)cc1. The summed E-state index contributed by atoms with van der Waals surface area (Å²) < 4.78 is 10.6. The van der Waals surface area contributed by atoms with Gasteiger partial charge in [-0.3, -0.25) is 0 Å². The van der Waals surface area contributed by atoms with Crippen LogP contribution in [0.3, 0.4) is 0 Å². The molecule has 2 rings (SSSR count). The van der Waals surface area contributed by atoms with Gasteiger partial charge >= 0.3 is 6.16 Å². The van der Waals surface area contributed by atoms with Crippen LogP contribution in [0, 0.1) is 0 Å². The molecule has 0 N–H and O–H groups in total. The van der Waals surface area contributed by atoms with E-state index in [1.165, 1.54) is 0 Å². The van der Waals surface area contributed by atoms with Crippen molar-refractivity contribution in [2.24, 2.45) is 0 Å². The molecule has 0 saturated carbocycles. The molecule has 0 heterocycles. The summed E-state index contributed by atoms with van der Waals surface area (Å²) in [4.78, 5) is 22.5. The van der Waals surface area contributed by atoms with Crippen molar-refractivity contribution in [3.8, 4) is 5.75 Å². The molecule has 0 atom stereocenters. The van der Waals surface area contributed by atoms with Gasteiger partial charge in [-0.05, 0) is 42.7 Å². The lowest BCUT2D eigenvalue weighted by molar-refractivity contribution is -0.107. The molecule has 0 bridgehead atoms. The van der Waals surface area contributed by atoms with Crippen LogP contribution < -0.4 is 4.74 Å². The van der Waals surface area contributed by atoms with Gasteiger partial charge in [0.05, 0.1) is 0 Å². The highest BCUT2D eigenvalue weighted by atomic mass is 16.7. The van der Waals surface area contributed by atoms with Gasteiger partial charge in [0.15, 0.2) is 0 Å². The fourth-order valence-corrected chi connectivity index (χ4v) is 2.43. The van der Waals surface area contributed by atoms with Crippen molar-refractivity contribution in [1.29, 1.82) is 0 Å². The minimum absolute atomic E-state index is 0.400. The van der Waals surface area contributed by atoms with E-state index < -0.39 is 11.8 Å². The summed E-state index contributed by atoms with van der Waals surface area (Å²) in [6.07, 6.45) is 2.79. The first-order valence-corrected chi connectivity index (χ1v) is 8.06. The summed E-state index contributed by atoms with van der Waals surface area (Å²) in [5.41, 5.74) is 2.20. The van der Waals surface area contributed by atoms with E-state index in [1.807, 2.05) is 50.2 Å². The van der Waals surface area contributed by atoms with Gasteiger partial charge in [0.1, 0.15) is 17.6 Å². The average Bonchev–Trinajstić information content (AvgIpc) is 2.56. The molecule has 0 spiro atoms. The van der Waals surface area contributed by atoms with Crippen molar-refractivity contribution < 1.29 is 19.1 Å². The van der Waals surface area contributed by atoms with E-state index in [0.717, 1.165) is 23.0 Å². The number of ether oxygens (including phenoxy) is 2. The molecule has 0 unspecified atom stereocenters. The molecule has 2 aromatic rings. The number of rotatable bonds is 7. The van der Waals surface area contributed by atoms with Crippen LogP contribution in [0.5, 0.6) is 5.75 Å². The molecule has 25 heavy (non-hydrogen) atoms. The maximum atomic E-state index is 12.0. The third-order valence-corrected chi connectivity index (χ3v) is 3.65. The molecule has 2 aromatic carbocycles. The third kappa shape index (κ3) is 5.92. The lowest BCUT2D eigenvalue weighted by atomic mass is 9.97. The predicted molar refractivity (Wildman–Crippen MR) is 97.6 cm³/mol. The van der Waals surface area contributed by atoms with Gasteiger partial charge in [-0.2, -0.15) is 0 Å². The average molecular weight is 338 g/mol. The largest absolute Gasteiger partial charge is 0.514 e. The highest BCUT2D eigenvalue weighted by molar-refractivity contribution is 5.64. The summed E-state index contributed by atoms with van der Waals surface area (Å²) in [7, 11) is 0. The van der Waals surface area contributed by atoms with Crippen LogP contribution in [0.2, 0.25) is 0 Å². The Bertz CT molecular complexity index is 727. The van der Waals surface area contributed by atoms with Gasteiger partial charge in [0.2, 0.25) is 0 Å². The third-order valence-electron chi connectivity index (χ3n) is 3.65. The van der Waals surface area contributed by atoms with Crippen LogP contribution in [0.4, 0.5) is 4.79 Å². The Balaban J connectivity index is 1.93. The second-order valence-corrected chi connectivity index (χ2v) is 6.35. The van der Waals surface area contributed by atoms with Crippen molar-refractivity contribution in [2.45, 2.75) is 32.3 Å². The summed E-state index contributed by atoms with van der Waals surface area (Å²) in [6.45, 7) is 7.33. The highest BCUT2D eigenvalue weighted by Gasteiger charge is 2.24. The number of carbonyl (C=O) groups is 2. The topological polar surface area (TPSA) is 52.6 Å². The Kier molecular flexibility index (Phi) is 6.12. The maximum absolute atomic E-state index is 12.0. The first-order chi connectivity index (χ1) is 11.9. The standard InChI is InChI=1S/C21H22O4/c1-4-16-9-11-19(12-10-16)24-20(23)25-21(2,3)15-18-7-5-17(6-8-18)13-14-22/h4-12,14H,1,13,15H2,2-3H3. The minimum Gasteiger partial charge on any atom is -0.428 e. The fourth-order valence-electron chi connectivity index (χ4n) is 2.43. The van der Waals surface area contributed by atoms with E-state index in [-0.39, 0.29) is 0 Å². The molecule has 4 heteroatoms. The van der Waals surface area contributed by atoms with E-state index in [2.05, 4.69) is 6.58 Å². The second kappa shape index (κ2) is 8.29. The number of hydrogen-bond acceptors (Lipinski definition) is 4. The van der Waals surface area contributed by atoms with Crippen LogP contribution in [0.15, 0.2) is 55.1 Å². The lowest BCUT2D eigenvalue weighted by Crippen LogP contribution is -2.32. The monoisotopic (exact) mass is 338 g/mol. The number of carbonyl (C=O) groups excluding carboxylic acids is 2. The molecule has 4 nitrogen and oxygen atoms in total. The Labute approximate surface area is 148 Å². The van der Waals surface area contributed by atoms with Crippen molar-refractivity contribution in [3.05, 3.63) is 71.8 Å². The minimum atomic E-state index is -0.742. The summed E-state index contributed by atoms with van der Waals surface area (Å²) in [5, 5.41) is 0. The van der Waals surface area contributed by atoms with Crippen LogP contribution in [0.1, 0.15) is 30.5 Å². The van der Waals surface area contributed by atoms with Gasteiger partial charge < -0.3 is 14.3 Å². The lowest BCUT2D eigenvalue weighted by Gasteiger charge is -2.24. The van der Waals surface area contributed by atoms with Crippen LogP contribution >= 0.6 is 0 Å². The predicted octanol–water partition coefficient (Wildman–Crippen LogP) is 4.61. The smallest absolute Gasteiger partial charge is 0.428 e. The first kappa shape index (κ1) is 18.5. The van der Waals surface area contributed by atoms with Gasteiger partial charge in [-0.1, -0.05) is 49.1 Å². The van der Waals surface area contributed by atoms with Crippen molar-refractivity contribution in [2.75, 3.05) is 0 Å². The molecule has 0 aliphatic carbocycles. The van der Waals surface area contributed by atoms with Crippen molar-refractivity contribution >= 4 is 18.5 Å². The van der Waals surface area contributed by atoms with E-state index >= 15 is 0 Å². The highest BCUT2D eigenvalue weighted by Crippen LogP contribution is 2.20. The molecule has 0 fully saturated rings. The molecule has 0 radical (unpaired) electrons. The quantitative estimate of drug-likeness (QED) is 0.420. The van der Waals surface area contributed by atoms with E-state index in [9.17, 15) is 9.59 Å². The molecular formula is C21H22O4. The van der Waals surface area contributed by atoms with Gasteiger partial charge in [-0.25, -0.2) is 4.79 Å². The van der Waals surface area contributed by atoms with Gasteiger partial charge in [0.25, 0.3) is 0 Å². The van der Waals surface area contributed by atoms with E-state index in [1.54, 1.807) is 18.2 Å². The fraction of sp³-hybridized carbons (Fsp3) is 0.238. The van der Waals surface area contributed by atoms with Gasteiger partial charge in [0, 0.05) is 12.8 Å². The number of benzene rings is 2. The molecule has 0 aliphatic rings. The zero-order chi connectivity index (χ0) is 18.3. The molecule has 130 valence electrons. The number of aldehydes is 1. The molecular weight excluding hydrogens is 316 g/mol. The maximum Gasteiger partial charge on any atom is 0.514 e. The zero-order valence-electron chi connectivity index (χ0n) is 14.5. The van der Waals surface area contributed by atoms with Gasteiger partial charge in [-0.15, -0.1) is 0 Å². The van der Waals surface area contributed by atoms with Crippen molar-refractivity contribution in [1.82, 2.24) is 0 Å². The van der Waals surface area contributed by atoms with Crippen LogP contribution in [0.25, 0.3) is 6.08 Å². The second-order valence-electron chi connectivity index (χ2n) is 6.35. The Morgan fingerprint density at radius 1 is 1.04 bits per heavy atom. The summed E-state index contributed by atoms with van der Waals surface area (Å²) >= 11 is 0. The molecule has 0 aliphatic heterocycles. The molecule has 0 aromatic heterocycles. The Morgan fingerprint density at radius 3 is 2.20 bits per heavy atom. The molecule has 0 saturated heterocycles. The Morgan fingerprint density at radius 2 is 1.64 bits per heavy atom. The van der Waals surface area contributed by atoms with E-state index in [0.29, 0.717) is 18.6 Å². The number of hydrogen-bond donors (Lipinski definition) is 0. The summed E-state index contributed by atoms with van der Waals surface area (Å²) in [6, 6.07) is 14.7. The normalized spacial score (nSPS) is 10.8. The van der Waals surface area contributed by atoms with Crippen LogP contribution in [-0.2, 0) is 22.4 Å². The molecule has 0 amide bonds. The first-order valence-electron chi connectivity index (χ1n) is 8.06. The Hall–Kier alpha value is -2.88.